The van der Waals surface area contributed by atoms with Crippen molar-refractivity contribution in [3.63, 3.8) is 0 Å². The van der Waals surface area contributed by atoms with E-state index in [1.807, 2.05) is 16.7 Å². The molecular weight excluding hydrogens is 440 g/mol. The van der Waals surface area contributed by atoms with E-state index in [2.05, 4.69) is 16.0 Å². The highest BCUT2D eigenvalue weighted by Crippen LogP contribution is 2.33. The van der Waals surface area contributed by atoms with Crippen molar-refractivity contribution in [1.29, 1.82) is 5.41 Å². The van der Waals surface area contributed by atoms with Crippen LogP contribution in [0, 0.1) is 11.3 Å². The van der Waals surface area contributed by atoms with E-state index in [1.54, 1.807) is 23.0 Å². The van der Waals surface area contributed by atoms with Crippen LogP contribution in [0.15, 0.2) is 34.6 Å². The number of piperidine rings is 1. The molecule has 2 aliphatic rings. The monoisotopic (exact) mass is 468 g/mol. The van der Waals surface area contributed by atoms with Gasteiger partial charge < -0.3 is 24.3 Å². The predicted octanol–water partition coefficient (Wildman–Crippen LogP) is 2.33. The van der Waals surface area contributed by atoms with Gasteiger partial charge in [0.05, 0.1) is 12.9 Å². The SMILES string of the molecule is C[C@@H](O)C(=O)N1CCC(CCn2cnc(=N)c3[nH]c(Sc4ccc5c(c4)CCO5)nc32)CC1. The number of carbonyl (C=O) groups is 1. The maximum atomic E-state index is 12.0. The number of carbonyl (C=O) groups excluding carboxylic acids is 1. The van der Waals surface area contributed by atoms with Crippen molar-refractivity contribution in [2.45, 2.75) is 55.3 Å². The zero-order valence-corrected chi connectivity index (χ0v) is 19.4. The first-order valence-electron chi connectivity index (χ1n) is 11.4. The van der Waals surface area contributed by atoms with Gasteiger partial charge >= 0.3 is 0 Å². The highest BCUT2D eigenvalue weighted by atomic mass is 32.2. The second kappa shape index (κ2) is 9.18. The molecule has 0 aliphatic carbocycles. The van der Waals surface area contributed by atoms with Crippen molar-refractivity contribution in [2.24, 2.45) is 5.92 Å². The van der Waals surface area contributed by atoms with Gasteiger partial charge in [-0.1, -0.05) is 11.8 Å². The number of imidazole rings is 1. The number of nitrogens with one attached hydrogen (secondary N) is 2. The van der Waals surface area contributed by atoms with Crippen LogP contribution in [0.1, 0.15) is 31.7 Å². The van der Waals surface area contributed by atoms with E-state index in [0.29, 0.717) is 24.5 Å². The fourth-order valence-electron chi connectivity index (χ4n) is 4.54. The maximum absolute atomic E-state index is 12.0. The fourth-order valence-corrected chi connectivity index (χ4v) is 5.39. The quantitative estimate of drug-likeness (QED) is 0.511. The average Bonchev–Trinajstić information content (AvgIpc) is 3.46. The number of rotatable bonds is 6. The number of H-pyrrole nitrogens is 1. The van der Waals surface area contributed by atoms with Crippen molar-refractivity contribution < 1.29 is 14.6 Å². The van der Waals surface area contributed by atoms with Crippen LogP contribution < -0.4 is 10.2 Å². The Kier molecular flexibility index (Phi) is 6.11. The summed E-state index contributed by atoms with van der Waals surface area (Å²) >= 11 is 1.54. The van der Waals surface area contributed by atoms with Crippen LogP contribution in [0.5, 0.6) is 5.75 Å². The molecule has 0 radical (unpaired) electrons. The van der Waals surface area contributed by atoms with Crippen molar-refractivity contribution >= 4 is 28.8 Å². The number of nitrogens with zero attached hydrogens (tertiary/aromatic N) is 4. The Labute approximate surface area is 195 Å². The molecule has 1 amide bonds. The molecule has 0 bridgehead atoms. The van der Waals surface area contributed by atoms with Gasteiger partial charge in [0, 0.05) is 31.0 Å². The molecule has 0 spiro atoms. The molecular formula is C23H28N6O3S. The Balaban J connectivity index is 1.27. The number of fused-ring (bicyclic) bond motifs is 2. The van der Waals surface area contributed by atoms with E-state index in [9.17, 15) is 9.90 Å². The molecule has 1 atom stereocenters. The molecule has 1 aromatic carbocycles. The lowest BCUT2D eigenvalue weighted by atomic mass is 9.93. The third-order valence-corrected chi connectivity index (χ3v) is 7.31. The van der Waals surface area contributed by atoms with Crippen molar-refractivity contribution in [3.05, 3.63) is 35.6 Å². The molecule has 174 valence electrons. The number of aliphatic hydroxyl groups is 1. The average molecular weight is 469 g/mol. The predicted molar refractivity (Wildman–Crippen MR) is 123 cm³/mol. The van der Waals surface area contributed by atoms with Gasteiger partial charge in [0.15, 0.2) is 16.3 Å². The van der Waals surface area contributed by atoms with Gasteiger partial charge in [-0.15, -0.1) is 0 Å². The van der Waals surface area contributed by atoms with Crippen LogP contribution >= 0.6 is 11.8 Å². The lowest BCUT2D eigenvalue weighted by molar-refractivity contribution is -0.140. The minimum Gasteiger partial charge on any atom is -0.493 e. The first kappa shape index (κ1) is 22.0. The van der Waals surface area contributed by atoms with E-state index < -0.39 is 6.10 Å². The van der Waals surface area contributed by atoms with Crippen molar-refractivity contribution in [2.75, 3.05) is 19.7 Å². The van der Waals surface area contributed by atoms with Gasteiger partial charge in [-0.25, -0.2) is 9.97 Å². The van der Waals surface area contributed by atoms with Crippen LogP contribution in [0.25, 0.3) is 11.2 Å². The van der Waals surface area contributed by atoms with Gasteiger partial charge in [0.1, 0.15) is 17.4 Å². The number of ether oxygens (including phenoxy) is 1. The number of hydrogen-bond acceptors (Lipinski definition) is 7. The minimum absolute atomic E-state index is 0.183. The molecule has 33 heavy (non-hydrogen) atoms. The highest BCUT2D eigenvalue weighted by molar-refractivity contribution is 7.99. The molecule has 3 N–H and O–H groups in total. The van der Waals surface area contributed by atoms with Crippen LogP contribution in [0.2, 0.25) is 0 Å². The minimum atomic E-state index is -0.934. The highest BCUT2D eigenvalue weighted by Gasteiger charge is 2.25. The summed E-state index contributed by atoms with van der Waals surface area (Å²) in [5, 5.41) is 18.5. The van der Waals surface area contributed by atoms with Crippen LogP contribution in [0.4, 0.5) is 0 Å². The third-order valence-electron chi connectivity index (χ3n) is 6.44. The first-order chi connectivity index (χ1) is 16.0. The van der Waals surface area contributed by atoms with E-state index in [0.717, 1.165) is 60.3 Å². The molecule has 3 aromatic rings. The van der Waals surface area contributed by atoms with Crippen LogP contribution in [0.3, 0.4) is 0 Å². The molecule has 1 saturated heterocycles. The lowest BCUT2D eigenvalue weighted by Crippen LogP contribution is -2.43. The number of likely N-dealkylation sites (tertiary alicyclic amines) is 1. The number of aromatic nitrogens is 4. The lowest BCUT2D eigenvalue weighted by Gasteiger charge is -2.32. The van der Waals surface area contributed by atoms with Crippen molar-refractivity contribution in [1.82, 2.24) is 24.4 Å². The van der Waals surface area contributed by atoms with Gasteiger partial charge in [0.2, 0.25) is 0 Å². The molecule has 2 aliphatic heterocycles. The molecule has 9 nitrogen and oxygen atoms in total. The smallest absolute Gasteiger partial charge is 0.251 e. The molecule has 1 fully saturated rings. The summed E-state index contributed by atoms with van der Waals surface area (Å²) in [5.74, 6) is 1.28. The topological polar surface area (TPSA) is 120 Å². The Bertz CT molecular complexity index is 1230. The summed E-state index contributed by atoms with van der Waals surface area (Å²) in [6, 6.07) is 6.18. The van der Waals surface area contributed by atoms with E-state index >= 15 is 0 Å². The Morgan fingerprint density at radius 1 is 1.39 bits per heavy atom. The molecule has 4 heterocycles. The Hall–Kier alpha value is -2.85. The molecule has 0 unspecified atom stereocenters. The van der Waals surface area contributed by atoms with Gasteiger partial charge in [-0.3, -0.25) is 10.2 Å². The molecule has 0 saturated carbocycles. The Morgan fingerprint density at radius 2 is 2.21 bits per heavy atom. The fraction of sp³-hybridized carbons (Fsp3) is 0.478. The number of aryl methyl sites for hydroxylation is 1. The summed E-state index contributed by atoms with van der Waals surface area (Å²) in [6.07, 6.45) is 4.49. The normalized spacial score (nSPS) is 17.2. The van der Waals surface area contributed by atoms with Gasteiger partial charge in [0.25, 0.3) is 5.91 Å². The number of benzene rings is 1. The van der Waals surface area contributed by atoms with E-state index in [-0.39, 0.29) is 11.4 Å². The van der Waals surface area contributed by atoms with Crippen molar-refractivity contribution in [3.8, 4) is 5.75 Å². The number of hydrogen-bond donors (Lipinski definition) is 3. The standard InChI is InChI=1S/C23H28N6O3S/c1-14(30)22(31)28-8-4-15(5-9-28)6-10-29-13-25-20(24)19-21(29)27-23(26-19)33-17-2-3-18-16(12-17)7-11-32-18/h2-3,12-15,24,30H,4-11H2,1H3,(H,26,27)/t14-/m1/s1. The number of amides is 1. The summed E-state index contributed by atoms with van der Waals surface area (Å²) in [6.45, 7) is 4.39. The summed E-state index contributed by atoms with van der Waals surface area (Å²) < 4.78 is 7.60. The first-order valence-corrected chi connectivity index (χ1v) is 12.2. The van der Waals surface area contributed by atoms with E-state index in [1.165, 1.54) is 12.5 Å². The third kappa shape index (κ3) is 4.63. The number of aliphatic hydroxyl groups excluding tert-OH is 1. The summed E-state index contributed by atoms with van der Waals surface area (Å²) in [7, 11) is 0. The number of aromatic amines is 1. The zero-order chi connectivity index (χ0) is 22.9. The maximum Gasteiger partial charge on any atom is 0.251 e. The molecule has 10 heteroatoms. The zero-order valence-electron chi connectivity index (χ0n) is 18.6. The summed E-state index contributed by atoms with van der Waals surface area (Å²) in [5.41, 5.74) is 2.79. The van der Waals surface area contributed by atoms with Gasteiger partial charge in [-0.2, -0.15) is 0 Å². The second-order valence-electron chi connectivity index (χ2n) is 8.73. The molecule has 5 rings (SSSR count). The summed E-state index contributed by atoms with van der Waals surface area (Å²) in [4.78, 5) is 27.1. The Morgan fingerprint density at radius 3 is 3.00 bits per heavy atom. The second-order valence-corrected chi connectivity index (χ2v) is 9.79. The van der Waals surface area contributed by atoms with Crippen LogP contribution in [-0.4, -0.2) is 61.2 Å². The van der Waals surface area contributed by atoms with E-state index in [4.69, 9.17) is 15.1 Å². The van der Waals surface area contributed by atoms with Crippen LogP contribution in [-0.2, 0) is 17.8 Å². The van der Waals surface area contributed by atoms with Gasteiger partial charge in [-0.05, 0) is 55.9 Å². The molecule has 2 aromatic heterocycles. The largest absolute Gasteiger partial charge is 0.493 e.